The molecule has 0 aliphatic rings. The highest BCUT2D eigenvalue weighted by atomic mass is 16.5. The number of nitrogens with two attached hydrogens (primary N) is 1. The van der Waals surface area contributed by atoms with Crippen LogP contribution < -0.4 is 15.4 Å². The lowest BCUT2D eigenvalue weighted by atomic mass is 10.1. The van der Waals surface area contributed by atoms with Crippen LogP contribution >= 0.6 is 0 Å². The van der Waals surface area contributed by atoms with Gasteiger partial charge in [0, 0.05) is 18.3 Å². The summed E-state index contributed by atoms with van der Waals surface area (Å²) in [6.07, 6.45) is 0. The molecule has 6 heteroatoms. The minimum absolute atomic E-state index is 0.212. The van der Waals surface area contributed by atoms with E-state index in [2.05, 4.69) is 4.98 Å². The summed E-state index contributed by atoms with van der Waals surface area (Å²) in [7, 11) is 1.58. The summed E-state index contributed by atoms with van der Waals surface area (Å²) in [5.74, 6) is 0.129. The van der Waals surface area contributed by atoms with E-state index in [0.717, 1.165) is 5.69 Å². The average Bonchev–Trinajstić information content (AvgIpc) is 3.02. The van der Waals surface area contributed by atoms with Crippen molar-refractivity contribution < 1.29 is 14.3 Å². The van der Waals surface area contributed by atoms with Crippen molar-refractivity contribution >= 4 is 17.5 Å². The summed E-state index contributed by atoms with van der Waals surface area (Å²) >= 11 is 0. The fourth-order valence-electron chi connectivity index (χ4n) is 2.26. The molecule has 3 N–H and O–H groups in total. The number of carbonyl (C=O) groups excluding carboxylic acids is 2. The molecule has 122 valence electrons. The van der Waals surface area contributed by atoms with Crippen molar-refractivity contribution in [3.05, 3.63) is 47.8 Å². The molecule has 1 aromatic carbocycles. The van der Waals surface area contributed by atoms with Crippen LogP contribution in [0.1, 0.15) is 34.8 Å². The highest BCUT2D eigenvalue weighted by Gasteiger charge is 2.21. The zero-order valence-electron chi connectivity index (χ0n) is 13.5. The van der Waals surface area contributed by atoms with E-state index in [9.17, 15) is 9.59 Å². The predicted molar refractivity (Wildman–Crippen MR) is 88.8 cm³/mol. The van der Waals surface area contributed by atoms with Crippen molar-refractivity contribution in [1.29, 1.82) is 0 Å². The molecule has 0 atom stereocenters. The number of benzene rings is 1. The summed E-state index contributed by atoms with van der Waals surface area (Å²) in [5.41, 5.74) is 6.49. The maximum atomic E-state index is 12.8. The number of nitrogens with zero attached hydrogens (tertiary/aromatic N) is 1. The van der Waals surface area contributed by atoms with E-state index in [1.165, 1.54) is 6.07 Å². The Morgan fingerprint density at radius 2 is 1.91 bits per heavy atom. The van der Waals surface area contributed by atoms with Crippen LogP contribution in [0.4, 0.5) is 5.69 Å². The van der Waals surface area contributed by atoms with E-state index in [1.807, 2.05) is 32.0 Å². The number of methoxy groups -OCH3 is 1. The molecule has 0 spiro atoms. The lowest BCUT2D eigenvalue weighted by molar-refractivity contribution is 0.0979. The number of ether oxygens (including phenoxy) is 1. The van der Waals surface area contributed by atoms with Crippen LogP contribution in [0.2, 0.25) is 0 Å². The van der Waals surface area contributed by atoms with Gasteiger partial charge in [0.2, 0.25) is 0 Å². The highest BCUT2D eigenvalue weighted by molar-refractivity contribution is 6.06. The molecule has 6 nitrogen and oxygen atoms in total. The molecule has 0 aliphatic heterocycles. The molecule has 0 saturated heterocycles. The van der Waals surface area contributed by atoms with E-state index < -0.39 is 5.91 Å². The number of nitrogens with one attached hydrogen (secondary N) is 1. The van der Waals surface area contributed by atoms with E-state index in [1.54, 1.807) is 24.1 Å². The average molecular weight is 315 g/mol. The molecular formula is C17H21N3O3. The summed E-state index contributed by atoms with van der Waals surface area (Å²) in [5, 5.41) is 0. The fourth-order valence-corrected chi connectivity index (χ4v) is 2.26. The van der Waals surface area contributed by atoms with Gasteiger partial charge in [-0.1, -0.05) is 19.9 Å². The highest BCUT2D eigenvalue weighted by Crippen LogP contribution is 2.23. The topological polar surface area (TPSA) is 88.4 Å². The van der Waals surface area contributed by atoms with Gasteiger partial charge in [0.1, 0.15) is 17.1 Å². The van der Waals surface area contributed by atoms with Crippen LogP contribution in [0.15, 0.2) is 36.4 Å². The Labute approximate surface area is 135 Å². The van der Waals surface area contributed by atoms with Crippen molar-refractivity contribution in [2.45, 2.75) is 13.8 Å². The van der Waals surface area contributed by atoms with Crippen molar-refractivity contribution in [1.82, 2.24) is 4.98 Å². The van der Waals surface area contributed by atoms with Gasteiger partial charge < -0.3 is 20.4 Å². The third-order valence-corrected chi connectivity index (χ3v) is 3.34. The lowest BCUT2D eigenvalue weighted by Crippen LogP contribution is -2.34. The number of aromatic amines is 1. The molecular weight excluding hydrogens is 294 g/mol. The van der Waals surface area contributed by atoms with Gasteiger partial charge in [0.25, 0.3) is 11.8 Å². The molecule has 2 rings (SSSR count). The summed E-state index contributed by atoms with van der Waals surface area (Å²) in [6, 6.07) is 10.4. The molecule has 0 radical (unpaired) electrons. The molecule has 2 amide bonds. The molecule has 0 aliphatic carbocycles. The Morgan fingerprint density at radius 3 is 2.48 bits per heavy atom. The second-order valence-electron chi connectivity index (χ2n) is 5.66. The number of H-pyrrole nitrogens is 1. The van der Waals surface area contributed by atoms with Gasteiger partial charge in [-0.05, 0) is 30.2 Å². The maximum Gasteiger partial charge on any atom is 0.274 e. The van der Waals surface area contributed by atoms with Gasteiger partial charge in [-0.15, -0.1) is 0 Å². The Morgan fingerprint density at radius 1 is 1.22 bits per heavy atom. The van der Waals surface area contributed by atoms with Crippen LogP contribution in [0.3, 0.4) is 0 Å². The second-order valence-corrected chi connectivity index (χ2v) is 5.66. The SMILES string of the molecule is COc1cccc(N(CC(C)C)C(=O)c2ccc(C(N)=O)[nH]2)c1. The monoisotopic (exact) mass is 315 g/mol. The number of carbonyl (C=O) groups is 2. The smallest absolute Gasteiger partial charge is 0.274 e. The van der Waals surface area contributed by atoms with Crippen molar-refractivity contribution in [2.24, 2.45) is 11.7 Å². The first-order chi connectivity index (χ1) is 10.9. The van der Waals surface area contributed by atoms with Crippen molar-refractivity contribution in [3.63, 3.8) is 0 Å². The summed E-state index contributed by atoms with van der Waals surface area (Å²) in [4.78, 5) is 28.4. The standard InChI is InChI=1S/C17H21N3O3/c1-11(2)10-20(12-5-4-6-13(9-12)23-3)17(22)15-8-7-14(19-15)16(18)21/h4-9,11,19H,10H2,1-3H3,(H2,18,21). The zero-order valence-corrected chi connectivity index (χ0v) is 13.5. The zero-order chi connectivity index (χ0) is 17.0. The van der Waals surface area contributed by atoms with Crippen LogP contribution in [0.25, 0.3) is 0 Å². The first kappa shape index (κ1) is 16.6. The van der Waals surface area contributed by atoms with E-state index in [-0.39, 0.29) is 17.5 Å². The summed E-state index contributed by atoms with van der Waals surface area (Å²) in [6.45, 7) is 4.60. The first-order valence-corrected chi connectivity index (χ1v) is 7.37. The van der Waals surface area contributed by atoms with E-state index >= 15 is 0 Å². The molecule has 23 heavy (non-hydrogen) atoms. The Hall–Kier alpha value is -2.76. The largest absolute Gasteiger partial charge is 0.497 e. The van der Waals surface area contributed by atoms with E-state index in [0.29, 0.717) is 18.0 Å². The van der Waals surface area contributed by atoms with Gasteiger partial charge in [-0.2, -0.15) is 0 Å². The maximum absolute atomic E-state index is 12.8. The molecule has 1 heterocycles. The third kappa shape index (κ3) is 3.91. The predicted octanol–water partition coefficient (Wildman–Crippen LogP) is 2.42. The molecule has 0 bridgehead atoms. The minimum atomic E-state index is -0.596. The molecule has 0 saturated carbocycles. The van der Waals surface area contributed by atoms with Crippen LogP contribution in [-0.2, 0) is 0 Å². The normalized spacial score (nSPS) is 10.6. The molecule has 0 unspecified atom stereocenters. The summed E-state index contributed by atoms with van der Waals surface area (Å²) < 4.78 is 5.22. The Balaban J connectivity index is 2.36. The molecule has 1 aromatic heterocycles. The molecule has 2 aromatic rings. The van der Waals surface area contributed by atoms with Crippen LogP contribution in [0, 0.1) is 5.92 Å². The van der Waals surface area contributed by atoms with Gasteiger partial charge in [0.15, 0.2) is 0 Å². The Kier molecular flexibility index (Phi) is 5.05. The number of primary amides is 1. The van der Waals surface area contributed by atoms with Gasteiger partial charge in [-0.3, -0.25) is 9.59 Å². The lowest BCUT2D eigenvalue weighted by Gasteiger charge is -2.24. The van der Waals surface area contributed by atoms with E-state index in [4.69, 9.17) is 10.5 Å². The first-order valence-electron chi connectivity index (χ1n) is 7.37. The third-order valence-electron chi connectivity index (χ3n) is 3.34. The quantitative estimate of drug-likeness (QED) is 0.858. The number of amides is 2. The Bertz CT molecular complexity index is 707. The van der Waals surface area contributed by atoms with Gasteiger partial charge in [-0.25, -0.2) is 0 Å². The fraction of sp³-hybridized carbons (Fsp3) is 0.294. The number of hydrogen-bond donors (Lipinski definition) is 2. The number of aromatic nitrogens is 1. The number of anilines is 1. The number of rotatable bonds is 6. The van der Waals surface area contributed by atoms with Crippen LogP contribution in [0.5, 0.6) is 5.75 Å². The van der Waals surface area contributed by atoms with Crippen molar-refractivity contribution in [2.75, 3.05) is 18.6 Å². The van der Waals surface area contributed by atoms with Gasteiger partial charge in [0.05, 0.1) is 7.11 Å². The van der Waals surface area contributed by atoms with Crippen LogP contribution in [-0.4, -0.2) is 30.5 Å². The van der Waals surface area contributed by atoms with Gasteiger partial charge >= 0.3 is 0 Å². The minimum Gasteiger partial charge on any atom is -0.497 e. The second kappa shape index (κ2) is 7.00. The number of hydrogen-bond acceptors (Lipinski definition) is 3. The van der Waals surface area contributed by atoms with Crippen molar-refractivity contribution in [3.8, 4) is 5.75 Å². The molecule has 0 fully saturated rings.